The van der Waals surface area contributed by atoms with E-state index >= 15 is 0 Å². The van der Waals surface area contributed by atoms with Crippen LogP contribution in [0.2, 0.25) is 0 Å². The topological polar surface area (TPSA) is 53.3 Å². The third kappa shape index (κ3) is 2.86. The molecule has 3 rings (SSSR count). The van der Waals surface area contributed by atoms with Gasteiger partial charge in [-0.15, -0.1) is 0 Å². The lowest BCUT2D eigenvalue weighted by molar-refractivity contribution is -0.144. The molecule has 0 aromatic heterocycles. The zero-order valence-corrected chi connectivity index (χ0v) is 13.9. The van der Waals surface area contributed by atoms with Crippen molar-refractivity contribution in [1.82, 2.24) is 4.90 Å². The number of rotatable bonds is 2. The van der Waals surface area contributed by atoms with Crippen LogP contribution in [-0.4, -0.2) is 36.6 Å². The molecule has 0 bridgehead atoms. The zero-order chi connectivity index (χ0) is 16.4. The Morgan fingerprint density at radius 1 is 1.35 bits per heavy atom. The Bertz CT molecular complexity index is 629. The second kappa shape index (κ2) is 6.33. The molecule has 23 heavy (non-hydrogen) atoms. The van der Waals surface area contributed by atoms with Gasteiger partial charge in [-0.3, -0.25) is 4.79 Å². The molecule has 0 spiro atoms. The number of hydrogen-bond donors (Lipinski definition) is 0. The molecular weight excluding hydrogens is 288 g/mol. The molecule has 4 nitrogen and oxygen atoms in total. The van der Waals surface area contributed by atoms with Crippen molar-refractivity contribution >= 4 is 5.91 Å². The summed E-state index contributed by atoms with van der Waals surface area (Å²) in [5.41, 5.74) is 1.72. The van der Waals surface area contributed by atoms with Gasteiger partial charge in [-0.25, -0.2) is 0 Å². The summed E-state index contributed by atoms with van der Waals surface area (Å²) in [6.07, 6.45) is 2.00. The SMILES string of the molecule is Cc1ccccc1[C@@H]1C[C@H](C)N(C(=O)C2(C#N)CCOCC2)C1. The minimum absolute atomic E-state index is 0.00637. The summed E-state index contributed by atoms with van der Waals surface area (Å²) in [6, 6.07) is 10.9. The van der Waals surface area contributed by atoms with Crippen LogP contribution in [0.5, 0.6) is 0 Å². The average molecular weight is 312 g/mol. The highest BCUT2D eigenvalue weighted by Gasteiger charge is 2.46. The molecule has 0 aliphatic carbocycles. The number of nitriles is 1. The summed E-state index contributed by atoms with van der Waals surface area (Å²) in [7, 11) is 0. The van der Waals surface area contributed by atoms with E-state index in [0.717, 1.165) is 13.0 Å². The highest BCUT2D eigenvalue weighted by molar-refractivity contribution is 5.86. The fraction of sp³-hybridized carbons (Fsp3) is 0.579. The third-order valence-corrected chi connectivity index (χ3v) is 5.43. The molecule has 4 heteroatoms. The molecule has 1 aromatic carbocycles. The van der Waals surface area contributed by atoms with Gasteiger partial charge in [0, 0.05) is 31.7 Å². The van der Waals surface area contributed by atoms with E-state index in [1.807, 2.05) is 11.0 Å². The van der Waals surface area contributed by atoms with E-state index in [1.165, 1.54) is 11.1 Å². The molecule has 2 atom stereocenters. The monoisotopic (exact) mass is 312 g/mol. The molecule has 2 aliphatic rings. The largest absolute Gasteiger partial charge is 0.381 e. The molecule has 2 fully saturated rings. The summed E-state index contributed by atoms with van der Waals surface area (Å²) in [4.78, 5) is 15.0. The molecule has 0 saturated carbocycles. The van der Waals surface area contributed by atoms with Gasteiger partial charge in [0.25, 0.3) is 0 Å². The van der Waals surface area contributed by atoms with Gasteiger partial charge >= 0.3 is 0 Å². The normalized spacial score (nSPS) is 26.7. The maximum absolute atomic E-state index is 13.1. The maximum atomic E-state index is 13.1. The van der Waals surface area contributed by atoms with Crippen LogP contribution in [0, 0.1) is 23.7 Å². The van der Waals surface area contributed by atoms with Gasteiger partial charge in [0.1, 0.15) is 5.41 Å². The number of aryl methyl sites for hydroxylation is 1. The standard InChI is InChI=1S/C19H24N2O2/c1-14-5-3-4-6-17(14)16-11-15(2)21(12-16)18(22)19(13-20)7-9-23-10-8-19/h3-6,15-16H,7-12H2,1-2H3/t15-,16+/m0/s1. The fourth-order valence-electron chi connectivity index (χ4n) is 3.95. The molecule has 1 amide bonds. The van der Waals surface area contributed by atoms with Gasteiger partial charge in [-0.1, -0.05) is 24.3 Å². The van der Waals surface area contributed by atoms with Gasteiger partial charge in [-0.05, 0) is 44.2 Å². The summed E-state index contributed by atoms with van der Waals surface area (Å²) >= 11 is 0. The first-order valence-electron chi connectivity index (χ1n) is 8.43. The Morgan fingerprint density at radius 2 is 2.04 bits per heavy atom. The van der Waals surface area contributed by atoms with Gasteiger partial charge in [0.15, 0.2) is 0 Å². The molecule has 1 aromatic rings. The predicted molar refractivity (Wildman–Crippen MR) is 87.8 cm³/mol. The first kappa shape index (κ1) is 16.0. The number of nitrogens with zero attached hydrogens (tertiary/aromatic N) is 2. The highest BCUT2D eigenvalue weighted by atomic mass is 16.5. The Labute approximate surface area is 138 Å². The van der Waals surface area contributed by atoms with Gasteiger partial charge in [0.05, 0.1) is 6.07 Å². The molecule has 0 radical (unpaired) electrons. The van der Waals surface area contributed by atoms with Crippen molar-refractivity contribution in [3.63, 3.8) is 0 Å². The first-order valence-corrected chi connectivity index (χ1v) is 8.43. The van der Waals surface area contributed by atoms with Crippen LogP contribution in [0.25, 0.3) is 0 Å². The summed E-state index contributed by atoms with van der Waals surface area (Å²) in [6.45, 7) is 5.95. The van der Waals surface area contributed by atoms with Crippen LogP contribution in [-0.2, 0) is 9.53 Å². The predicted octanol–water partition coefficient (Wildman–Crippen LogP) is 3.02. The van der Waals surface area contributed by atoms with E-state index < -0.39 is 5.41 Å². The number of benzene rings is 1. The van der Waals surface area contributed by atoms with Crippen molar-refractivity contribution in [3.05, 3.63) is 35.4 Å². The summed E-state index contributed by atoms with van der Waals surface area (Å²) < 4.78 is 5.35. The molecular formula is C19H24N2O2. The molecule has 2 heterocycles. The van der Waals surface area contributed by atoms with E-state index in [0.29, 0.717) is 32.0 Å². The van der Waals surface area contributed by atoms with Crippen LogP contribution in [0.15, 0.2) is 24.3 Å². The molecule has 2 saturated heterocycles. The smallest absolute Gasteiger partial charge is 0.243 e. The Kier molecular flexibility index (Phi) is 4.41. The quantitative estimate of drug-likeness (QED) is 0.843. The number of ether oxygens (including phenoxy) is 1. The van der Waals surface area contributed by atoms with Crippen LogP contribution < -0.4 is 0 Å². The van der Waals surface area contributed by atoms with Gasteiger partial charge in [0.2, 0.25) is 5.91 Å². The average Bonchev–Trinajstić information content (AvgIpc) is 2.96. The van der Waals surface area contributed by atoms with E-state index in [1.54, 1.807) is 0 Å². The fourth-order valence-corrected chi connectivity index (χ4v) is 3.95. The number of likely N-dealkylation sites (tertiary alicyclic amines) is 1. The van der Waals surface area contributed by atoms with Crippen molar-refractivity contribution < 1.29 is 9.53 Å². The number of amides is 1. The van der Waals surface area contributed by atoms with E-state index in [9.17, 15) is 10.1 Å². The van der Waals surface area contributed by atoms with Crippen molar-refractivity contribution in [3.8, 4) is 6.07 Å². The lowest BCUT2D eigenvalue weighted by atomic mass is 9.80. The van der Waals surface area contributed by atoms with Gasteiger partial charge in [-0.2, -0.15) is 5.26 Å². The van der Waals surface area contributed by atoms with Crippen molar-refractivity contribution in [2.45, 2.75) is 45.1 Å². The van der Waals surface area contributed by atoms with E-state index in [2.05, 4.69) is 38.1 Å². The maximum Gasteiger partial charge on any atom is 0.243 e. The number of hydrogen-bond acceptors (Lipinski definition) is 3. The summed E-state index contributed by atoms with van der Waals surface area (Å²) in [5.74, 6) is 0.373. The van der Waals surface area contributed by atoms with Crippen LogP contribution >= 0.6 is 0 Å². The Balaban J connectivity index is 1.80. The van der Waals surface area contributed by atoms with E-state index in [-0.39, 0.29) is 11.9 Å². The lowest BCUT2D eigenvalue weighted by Crippen LogP contribution is -2.47. The van der Waals surface area contributed by atoms with Crippen molar-refractivity contribution in [2.24, 2.45) is 5.41 Å². The van der Waals surface area contributed by atoms with Crippen molar-refractivity contribution in [1.29, 1.82) is 5.26 Å². The number of carbonyl (C=O) groups is 1. The molecule has 2 aliphatic heterocycles. The van der Waals surface area contributed by atoms with Crippen LogP contribution in [0.4, 0.5) is 0 Å². The first-order chi connectivity index (χ1) is 11.1. The van der Waals surface area contributed by atoms with E-state index in [4.69, 9.17) is 4.74 Å². The third-order valence-electron chi connectivity index (χ3n) is 5.43. The summed E-state index contributed by atoms with van der Waals surface area (Å²) in [5, 5.41) is 9.63. The lowest BCUT2D eigenvalue weighted by Gasteiger charge is -2.34. The minimum atomic E-state index is -0.882. The second-order valence-corrected chi connectivity index (χ2v) is 6.90. The van der Waals surface area contributed by atoms with Crippen LogP contribution in [0.3, 0.4) is 0 Å². The second-order valence-electron chi connectivity index (χ2n) is 6.90. The zero-order valence-electron chi connectivity index (χ0n) is 13.9. The molecule has 0 unspecified atom stereocenters. The molecule has 122 valence electrons. The number of carbonyl (C=O) groups excluding carboxylic acids is 1. The Morgan fingerprint density at radius 3 is 2.70 bits per heavy atom. The van der Waals surface area contributed by atoms with Gasteiger partial charge < -0.3 is 9.64 Å². The minimum Gasteiger partial charge on any atom is -0.381 e. The van der Waals surface area contributed by atoms with Crippen LogP contribution in [0.1, 0.15) is 43.2 Å². The Hall–Kier alpha value is -1.86. The molecule has 0 N–H and O–H groups in total. The van der Waals surface area contributed by atoms with Crippen molar-refractivity contribution in [2.75, 3.05) is 19.8 Å². The highest BCUT2D eigenvalue weighted by Crippen LogP contribution is 2.38.